The summed E-state index contributed by atoms with van der Waals surface area (Å²) in [5, 5.41) is 16.5. The van der Waals surface area contributed by atoms with E-state index in [9.17, 15) is 14.9 Å². The Balaban J connectivity index is 2.84. The molecule has 0 saturated heterocycles. The van der Waals surface area contributed by atoms with E-state index in [2.05, 4.69) is 10.6 Å². The Kier molecular flexibility index (Phi) is 5.74. The number of nitro groups is 1. The summed E-state index contributed by atoms with van der Waals surface area (Å²) in [6.07, 6.45) is 0.777. The number of nitro benzene ring substituents is 1. The van der Waals surface area contributed by atoms with Crippen molar-refractivity contribution in [2.75, 3.05) is 27.2 Å². The third-order valence-corrected chi connectivity index (χ3v) is 2.53. The molecule has 1 amide bonds. The minimum Gasteiger partial charge on any atom is -0.490 e. The van der Waals surface area contributed by atoms with Gasteiger partial charge in [-0.1, -0.05) is 6.07 Å². The molecule has 2 N–H and O–H groups in total. The molecule has 0 saturated carbocycles. The summed E-state index contributed by atoms with van der Waals surface area (Å²) in [4.78, 5) is 22.2. The molecule has 104 valence electrons. The van der Waals surface area contributed by atoms with E-state index in [0.717, 1.165) is 13.0 Å². The number of amides is 1. The number of methoxy groups -OCH3 is 1. The van der Waals surface area contributed by atoms with E-state index in [-0.39, 0.29) is 22.9 Å². The molecule has 0 radical (unpaired) electrons. The summed E-state index contributed by atoms with van der Waals surface area (Å²) in [5.41, 5.74) is -0.0495. The van der Waals surface area contributed by atoms with Gasteiger partial charge in [0.25, 0.3) is 5.91 Å². The van der Waals surface area contributed by atoms with Crippen LogP contribution >= 0.6 is 0 Å². The van der Waals surface area contributed by atoms with Crippen LogP contribution in [0.25, 0.3) is 0 Å². The first-order chi connectivity index (χ1) is 9.11. The first-order valence-electron chi connectivity index (χ1n) is 5.86. The molecular formula is C12H17N3O4. The van der Waals surface area contributed by atoms with Gasteiger partial charge in [-0.3, -0.25) is 14.9 Å². The maximum absolute atomic E-state index is 11.9. The van der Waals surface area contributed by atoms with Crippen LogP contribution in [0.5, 0.6) is 5.75 Å². The van der Waals surface area contributed by atoms with Crippen molar-refractivity contribution in [1.29, 1.82) is 0 Å². The Morgan fingerprint density at radius 1 is 1.42 bits per heavy atom. The van der Waals surface area contributed by atoms with Crippen LogP contribution in [0.3, 0.4) is 0 Å². The van der Waals surface area contributed by atoms with E-state index in [1.807, 2.05) is 7.05 Å². The van der Waals surface area contributed by atoms with Crippen molar-refractivity contribution >= 4 is 11.6 Å². The highest BCUT2D eigenvalue weighted by molar-refractivity contribution is 5.98. The van der Waals surface area contributed by atoms with Crippen molar-refractivity contribution in [3.8, 4) is 5.75 Å². The monoisotopic (exact) mass is 267 g/mol. The molecule has 1 aromatic carbocycles. The zero-order valence-electron chi connectivity index (χ0n) is 10.9. The van der Waals surface area contributed by atoms with Gasteiger partial charge in [0.2, 0.25) is 5.75 Å². The van der Waals surface area contributed by atoms with Crippen molar-refractivity contribution in [2.24, 2.45) is 0 Å². The van der Waals surface area contributed by atoms with E-state index in [0.29, 0.717) is 6.54 Å². The Morgan fingerprint density at radius 3 is 2.74 bits per heavy atom. The Hall–Kier alpha value is -2.15. The fourth-order valence-corrected chi connectivity index (χ4v) is 1.62. The number of rotatable bonds is 7. The lowest BCUT2D eigenvalue weighted by Gasteiger charge is -2.09. The predicted molar refractivity (Wildman–Crippen MR) is 70.5 cm³/mol. The zero-order chi connectivity index (χ0) is 14.3. The number of ether oxygens (including phenoxy) is 1. The van der Waals surface area contributed by atoms with Gasteiger partial charge in [-0.2, -0.15) is 0 Å². The number of carbonyl (C=O) groups is 1. The molecule has 0 spiro atoms. The molecule has 7 nitrogen and oxygen atoms in total. The van der Waals surface area contributed by atoms with Gasteiger partial charge in [0.15, 0.2) is 0 Å². The second-order valence-electron chi connectivity index (χ2n) is 3.83. The van der Waals surface area contributed by atoms with Crippen molar-refractivity contribution in [2.45, 2.75) is 6.42 Å². The highest BCUT2D eigenvalue weighted by atomic mass is 16.6. The number of nitrogens with one attached hydrogen (secondary N) is 2. The Bertz CT molecular complexity index is 462. The maximum atomic E-state index is 11.9. The quantitative estimate of drug-likeness (QED) is 0.435. The lowest BCUT2D eigenvalue weighted by molar-refractivity contribution is -0.385. The third-order valence-electron chi connectivity index (χ3n) is 2.53. The molecule has 19 heavy (non-hydrogen) atoms. The third kappa shape index (κ3) is 3.92. The summed E-state index contributed by atoms with van der Waals surface area (Å²) >= 11 is 0. The molecule has 0 aliphatic rings. The van der Waals surface area contributed by atoms with Crippen LogP contribution < -0.4 is 15.4 Å². The SMILES string of the molecule is CNCCCNC(=O)c1cccc([N+](=O)[O-])c1OC. The fraction of sp³-hybridized carbons (Fsp3) is 0.417. The molecule has 0 bridgehead atoms. The molecule has 0 aromatic heterocycles. The molecule has 1 aromatic rings. The molecule has 0 aliphatic heterocycles. The molecule has 0 unspecified atom stereocenters. The van der Waals surface area contributed by atoms with Crippen LogP contribution in [-0.2, 0) is 0 Å². The molecule has 0 atom stereocenters. The summed E-state index contributed by atoms with van der Waals surface area (Å²) in [6, 6.07) is 4.26. The van der Waals surface area contributed by atoms with Crippen molar-refractivity contribution in [3.05, 3.63) is 33.9 Å². The van der Waals surface area contributed by atoms with Gasteiger partial charge < -0.3 is 15.4 Å². The van der Waals surface area contributed by atoms with E-state index >= 15 is 0 Å². The first-order valence-corrected chi connectivity index (χ1v) is 5.86. The molecular weight excluding hydrogens is 250 g/mol. The van der Waals surface area contributed by atoms with Crippen LogP contribution in [0.1, 0.15) is 16.8 Å². The summed E-state index contributed by atoms with van der Waals surface area (Å²) in [5.74, 6) is -0.393. The van der Waals surface area contributed by atoms with Gasteiger partial charge in [-0.05, 0) is 26.1 Å². The van der Waals surface area contributed by atoms with Gasteiger partial charge in [-0.25, -0.2) is 0 Å². The highest BCUT2D eigenvalue weighted by Gasteiger charge is 2.21. The summed E-state index contributed by atoms with van der Waals surface area (Å²) in [6.45, 7) is 1.28. The van der Waals surface area contributed by atoms with Crippen LogP contribution in [-0.4, -0.2) is 38.1 Å². The molecule has 7 heteroatoms. The minimum atomic E-state index is -0.573. The van der Waals surface area contributed by atoms with Crippen LogP contribution in [0, 0.1) is 10.1 Å². The smallest absolute Gasteiger partial charge is 0.311 e. The van der Waals surface area contributed by atoms with Crippen molar-refractivity contribution in [3.63, 3.8) is 0 Å². The Morgan fingerprint density at radius 2 is 2.16 bits per heavy atom. The summed E-state index contributed by atoms with van der Waals surface area (Å²) < 4.78 is 4.97. The largest absolute Gasteiger partial charge is 0.490 e. The zero-order valence-corrected chi connectivity index (χ0v) is 10.9. The van der Waals surface area contributed by atoms with Gasteiger partial charge >= 0.3 is 5.69 Å². The lowest BCUT2D eigenvalue weighted by Crippen LogP contribution is -2.27. The normalized spacial score (nSPS) is 10.0. The minimum absolute atomic E-state index is 0.0152. The molecule has 0 fully saturated rings. The second-order valence-corrected chi connectivity index (χ2v) is 3.83. The van der Waals surface area contributed by atoms with E-state index in [1.165, 1.54) is 25.3 Å². The number of para-hydroxylation sites is 1. The summed E-state index contributed by atoms with van der Waals surface area (Å²) in [7, 11) is 3.13. The first kappa shape index (κ1) is 14.9. The average Bonchev–Trinajstić information content (AvgIpc) is 2.42. The second kappa shape index (κ2) is 7.32. The number of nitrogens with zero attached hydrogens (tertiary/aromatic N) is 1. The topological polar surface area (TPSA) is 93.5 Å². The molecule has 1 rings (SSSR count). The van der Waals surface area contributed by atoms with Gasteiger partial charge in [-0.15, -0.1) is 0 Å². The lowest BCUT2D eigenvalue weighted by atomic mass is 10.1. The number of benzene rings is 1. The fourth-order valence-electron chi connectivity index (χ4n) is 1.62. The average molecular weight is 267 g/mol. The van der Waals surface area contributed by atoms with E-state index < -0.39 is 4.92 Å². The molecule has 0 heterocycles. The van der Waals surface area contributed by atoms with Gasteiger partial charge in [0, 0.05) is 12.6 Å². The van der Waals surface area contributed by atoms with E-state index in [4.69, 9.17) is 4.74 Å². The standard InChI is InChI=1S/C12H17N3O4/c1-13-7-4-8-14-12(16)9-5-3-6-10(15(17)18)11(9)19-2/h3,5-6,13H,4,7-8H2,1-2H3,(H,14,16). The maximum Gasteiger partial charge on any atom is 0.311 e. The van der Waals surface area contributed by atoms with Crippen molar-refractivity contribution < 1.29 is 14.5 Å². The van der Waals surface area contributed by atoms with Crippen LogP contribution in [0.15, 0.2) is 18.2 Å². The van der Waals surface area contributed by atoms with Gasteiger partial charge in [0.05, 0.1) is 17.6 Å². The number of carbonyl (C=O) groups excluding carboxylic acids is 1. The molecule has 0 aliphatic carbocycles. The van der Waals surface area contributed by atoms with Crippen LogP contribution in [0.4, 0.5) is 5.69 Å². The van der Waals surface area contributed by atoms with Gasteiger partial charge in [0.1, 0.15) is 0 Å². The number of hydrogen-bond donors (Lipinski definition) is 2. The Labute approximate surface area is 111 Å². The van der Waals surface area contributed by atoms with Crippen LogP contribution in [0.2, 0.25) is 0 Å². The highest BCUT2D eigenvalue weighted by Crippen LogP contribution is 2.30. The van der Waals surface area contributed by atoms with Crippen molar-refractivity contribution in [1.82, 2.24) is 10.6 Å². The number of hydrogen-bond acceptors (Lipinski definition) is 5. The predicted octanol–water partition coefficient (Wildman–Crippen LogP) is 0.943. The van der Waals surface area contributed by atoms with E-state index in [1.54, 1.807) is 0 Å².